The van der Waals surface area contributed by atoms with Gasteiger partial charge in [0, 0.05) is 0 Å². The van der Waals surface area contributed by atoms with E-state index in [2.05, 4.69) is 31.6 Å². The third-order valence-corrected chi connectivity index (χ3v) is 2.83. The van der Waals surface area contributed by atoms with E-state index in [1.807, 2.05) is 0 Å². The van der Waals surface area contributed by atoms with E-state index in [9.17, 15) is 0 Å². The van der Waals surface area contributed by atoms with Crippen molar-refractivity contribution in [2.45, 2.75) is 51.4 Å². The van der Waals surface area contributed by atoms with Crippen LogP contribution in [-0.2, 0) is 0 Å². The molecule has 0 amide bonds. The highest BCUT2D eigenvalue weighted by molar-refractivity contribution is 7.80. The Hall–Kier alpha value is 0.310. The third-order valence-electron chi connectivity index (χ3n) is 2.51. The third kappa shape index (κ3) is 12.3. The quantitative estimate of drug-likeness (QED) is 0.432. The summed E-state index contributed by atoms with van der Waals surface area (Å²) in [6.07, 6.45) is 11.1. The minimum atomic E-state index is 1.06. The molecule has 0 atom stereocenters. The van der Waals surface area contributed by atoms with Crippen molar-refractivity contribution in [3.63, 3.8) is 0 Å². The van der Waals surface area contributed by atoms with Crippen LogP contribution in [0.4, 0.5) is 0 Å². The van der Waals surface area contributed by atoms with Gasteiger partial charge in [-0.25, -0.2) is 0 Å². The van der Waals surface area contributed by atoms with Gasteiger partial charge in [0.15, 0.2) is 0 Å². The summed E-state index contributed by atoms with van der Waals surface area (Å²) in [5.41, 5.74) is 0. The molecule has 0 saturated heterocycles. The molecular weight excluding hydrogens is 190 g/mol. The molecule has 0 saturated carbocycles. The van der Waals surface area contributed by atoms with Crippen molar-refractivity contribution in [2.75, 3.05) is 26.4 Å². The minimum absolute atomic E-state index is 1.06. The minimum Gasteiger partial charge on any atom is -0.309 e. The van der Waals surface area contributed by atoms with Crippen LogP contribution in [-0.4, -0.2) is 31.3 Å². The van der Waals surface area contributed by atoms with E-state index in [1.165, 1.54) is 57.9 Å². The lowest BCUT2D eigenvalue weighted by atomic mass is 10.1. The van der Waals surface area contributed by atoms with Crippen LogP contribution in [0.2, 0.25) is 0 Å². The van der Waals surface area contributed by atoms with Crippen LogP contribution in [0.5, 0.6) is 0 Å². The van der Waals surface area contributed by atoms with Crippen molar-refractivity contribution >= 4 is 12.6 Å². The molecular formula is C12H27NS. The number of rotatable bonds is 10. The van der Waals surface area contributed by atoms with Gasteiger partial charge in [0.05, 0.1) is 0 Å². The molecule has 0 aliphatic rings. The first kappa shape index (κ1) is 14.3. The van der Waals surface area contributed by atoms with Crippen molar-refractivity contribution in [3.8, 4) is 0 Å². The summed E-state index contributed by atoms with van der Waals surface area (Å²) >= 11 is 4.21. The lowest BCUT2D eigenvalue weighted by Gasteiger charge is -2.08. The Kier molecular flexibility index (Phi) is 11.6. The highest BCUT2D eigenvalue weighted by atomic mass is 32.1. The molecule has 0 aromatic rings. The number of nitrogens with zero attached hydrogens (tertiary/aromatic N) is 1. The monoisotopic (exact) mass is 217 g/mol. The van der Waals surface area contributed by atoms with E-state index in [1.54, 1.807) is 0 Å². The second kappa shape index (κ2) is 11.4. The summed E-state index contributed by atoms with van der Waals surface area (Å²) < 4.78 is 0. The van der Waals surface area contributed by atoms with Gasteiger partial charge in [0.25, 0.3) is 0 Å². The van der Waals surface area contributed by atoms with E-state index in [-0.39, 0.29) is 0 Å². The summed E-state index contributed by atoms with van der Waals surface area (Å²) in [6.45, 7) is 1.25. The summed E-state index contributed by atoms with van der Waals surface area (Å²) in [7, 11) is 4.30. The summed E-state index contributed by atoms with van der Waals surface area (Å²) in [5.74, 6) is 1.06. The molecule has 0 aromatic carbocycles. The van der Waals surface area contributed by atoms with Gasteiger partial charge >= 0.3 is 0 Å². The van der Waals surface area contributed by atoms with E-state index in [0.29, 0.717) is 0 Å². The van der Waals surface area contributed by atoms with E-state index in [0.717, 1.165) is 5.75 Å². The Balaban J connectivity index is 2.85. The van der Waals surface area contributed by atoms with Gasteiger partial charge in [-0.15, -0.1) is 0 Å². The van der Waals surface area contributed by atoms with Gasteiger partial charge in [-0.3, -0.25) is 0 Å². The van der Waals surface area contributed by atoms with Gasteiger partial charge in [-0.05, 0) is 39.2 Å². The zero-order chi connectivity index (χ0) is 10.6. The average Bonchev–Trinajstić information content (AvgIpc) is 2.15. The van der Waals surface area contributed by atoms with Gasteiger partial charge in [-0.2, -0.15) is 12.6 Å². The second-order valence-electron chi connectivity index (χ2n) is 4.36. The summed E-state index contributed by atoms with van der Waals surface area (Å²) in [6, 6.07) is 0. The molecule has 0 spiro atoms. The van der Waals surface area contributed by atoms with E-state index in [4.69, 9.17) is 0 Å². The first-order chi connectivity index (χ1) is 6.77. The number of thiol groups is 1. The number of hydrogen-bond donors (Lipinski definition) is 1. The lowest BCUT2D eigenvalue weighted by molar-refractivity contribution is 0.389. The molecule has 0 aliphatic carbocycles. The molecule has 0 heterocycles. The fourth-order valence-corrected chi connectivity index (χ4v) is 1.82. The van der Waals surface area contributed by atoms with Crippen molar-refractivity contribution in [1.82, 2.24) is 4.90 Å². The van der Waals surface area contributed by atoms with Crippen molar-refractivity contribution in [2.24, 2.45) is 0 Å². The van der Waals surface area contributed by atoms with Gasteiger partial charge < -0.3 is 4.90 Å². The molecule has 1 nitrogen and oxygen atoms in total. The van der Waals surface area contributed by atoms with Crippen LogP contribution in [0.3, 0.4) is 0 Å². The molecule has 2 heteroatoms. The average molecular weight is 217 g/mol. The van der Waals surface area contributed by atoms with Gasteiger partial charge in [0.1, 0.15) is 0 Å². The maximum Gasteiger partial charge on any atom is -0.00248 e. The van der Waals surface area contributed by atoms with Gasteiger partial charge in [0.2, 0.25) is 0 Å². The van der Waals surface area contributed by atoms with E-state index >= 15 is 0 Å². The first-order valence-electron chi connectivity index (χ1n) is 6.03. The Morgan fingerprint density at radius 1 is 0.714 bits per heavy atom. The molecule has 0 aromatic heterocycles. The number of unbranched alkanes of at least 4 members (excludes halogenated alkanes) is 7. The second-order valence-corrected chi connectivity index (χ2v) is 4.80. The van der Waals surface area contributed by atoms with Crippen molar-refractivity contribution in [1.29, 1.82) is 0 Å². The largest absolute Gasteiger partial charge is 0.309 e. The normalized spacial score (nSPS) is 11.1. The molecule has 0 fully saturated rings. The summed E-state index contributed by atoms with van der Waals surface area (Å²) in [5, 5.41) is 0. The molecule has 86 valence electrons. The van der Waals surface area contributed by atoms with Crippen molar-refractivity contribution in [3.05, 3.63) is 0 Å². The fraction of sp³-hybridized carbons (Fsp3) is 1.00. The zero-order valence-electron chi connectivity index (χ0n) is 9.97. The van der Waals surface area contributed by atoms with Gasteiger partial charge in [-0.1, -0.05) is 38.5 Å². The predicted molar refractivity (Wildman–Crippen MR) is 69.3 cm³/mol. The van der Waals surface area contributed by atoms with E-state index < -0.39 is 0 Å². The smallest absolute Gasteiger partial charge is 0.00248 e. The zero-order valence-corrected chi connectivity index (χ0v) is 10.9. The lowest BCUT2D eigenvalue weighted by Crippen LogP contribution is -2.12. The first-order valence-corrected chi connectivity index (χ1v) is 6.66. The Labute approximate surface area is 95.7 Å². The highest BCUT2D eigenvalue weighted by Crippen LogP contribution is 2.08. The molecule has 0 aliphatic heterocycles. The predicted octanol–water partition coefficient (Wildman–Crippen LogP) is 3.60. The highest BCUT2D eigenvalue weighted by Gasteiger charge is 1.92. The Morgan fingerprint density at radius 3 is 1.57 bits per heavy atom. The molecule has 0 N–H and O–H groups in total. The maximum atomic E-state index is 4.21. The molecule has 0 bridgehead atoms. The Morgan fingerprint density at radius 2 is 1.14 bits per heavy atom. The fourth-order valence-electron chi connectivity index (χ4n) is 1.60. The molecule has 0 unspecified atom stereocenters. The maximum absolute atomic E-state index is 4.21. The SMILES string of the molecule is CN(C)CCCCCCCCCCS. The molecule has 14 heavy (non-hydrogen) atoms. The van der Waals surface area contributed by atoms with Crippen molar-refractivity contribution < 1.29 is 0 Å². The van der Waals surface area contributed by atoms with Crippen LogP contribution in [0.15, 0.2) is 0 Å². The molecule has 0 radical (unpaired) electrons. The molecule has 0 rings (SSSR count). The topological polar surface area (TPSA) is 3.24 Å². The number of hydrogen-bond acceptors (Lipinski definition) is 2. The van der Waals surface area contributed by atoms with Crippen LogP contribution < -0.4 is 0 Å². The Bertz CT molecular complexity index is 104. The van der Waals surface area contributed by atoms with Crippen LogP contribution in [0, 0.1) is 0 Å². The standard InChI is InChI=1S/C12H27NS/c1-13(2)11-9-7-5-3-4-6-8-10-12-14/h14H,3-12H2,1-2H3. The van der Waals surface area contributed by atoms with Crippen LogP contribution in [0.25, 0.3) is 0 Å². The van der Waals surface area contributed by atoms with Crippen LogP contribution in [0.1, 0.15) is 51.4 Å². The van der Waals surface area contributed by atoms with Crippen LogP contribution >= 0.6 is 12.6 Å². The summed E-state index contributed by atoms with van der Waals surface area (Å²) in [4.78, 5) is 2.27.